The van der Waals surface area contributed by atoms with Crippen molar-refractivity contribution in [2.45, 2.75) is 12.8 Å². The van der Waals surface area contributed by atoms with Gasteiger partial charge in [-0.3, -0.25) is 4.79 Å². The molecule has 3 amide bonds. The number of likely N-dealkylation sites (tertiary alicyclic amines) is 1. The molecule has 6 nitrogen and oxygen atoms in total. The second-order valence-corrected chi connectivity index (χ2v) is 7.46. The number of rotatable bonds is 2. The van der Waals surface area contributed by atoms with Crippen LogP contribution in [0, 0.1) is 11.3 Å². The van der Waals surface area contributed by atoms with Gasteiger partial charge in [-0.05, 0) is 25.0 Å². The third kappa shape index (κ3) is 3.60. The van der Waals surface area contributed by atoms with Crippen molar-refractivity contribution < 1.29 is 14.3 Å². The summed E-state index contributed by atoms with van der Waals surface area (Å²) in [5, 5.41) is 3.36. The summed E-state index contributed by atoms with van der Waals surface area (Å²) in [7, 11) is 3.53. The molecule has 2 aliphatic rings. The van der Waals surface area contributed by atoms with Gasteiger partial charge in [0.05, 0.1) is 16.6 Å². The second kappa shape index (κ2) is 7.22. The number of amides is 3. The van der Waals surface area contributed by atoms with Gasteiger partial charge in [-0.15, -0.1) is 0 Å². The van der Waals surface area contributed by atoms with Crippen LogP contribution in [0.2, 0.25) is 5.02 Å². The minimum Gasteiger partial charge on any atom is -0.381 e. The van der Waals surface area contributed by atoms with Crippen LogP contribution in [0.25, 0.3) is 0 Å². The van der Waals surface area contributed by atoms with Crippen molar-refractivity contribution in [3.05, 3.63) is 29.3 Å². The van der Waals surface area contributed by atoms with Crippen LogP contribution in [0.3, 0.4) is 0 Å². The van der Waals surface area contributed by atoms with Crippen LogP contribution in [-0.2, 0) is 9.53 Å². The number of nitrogens with zero attached hydrogens (tertiary/aromatic N) is 2. The predicted molar refractivity (Wildman–Crippen MR) is 96.7 cm³/mol. The Hall–Kier alpha value is -1.79. The summed E-state index contributed by atoms with van der Waals surface area (Å²) < 4.78 is 5.49. The maximum Gasteiger partial charge on any atom is 0.321 e. The Balaban J connectivity index is 1.78. The number of benzene rings is 1. The summed E-state index contributed by atoms with van der Waals surface area (Å²) >= 11 is 6.13. The first kappa shape index (κ1) is 18.0. The number of anilines is 1. The molecule has 0 aromatic heterocycles. The Morgan fingerprint density at radius 1 is 1.28 bits per heavy atom. The molecule has 3 rings (SSSR count). The van der Waals surface area contributed by atoms with E-state index in [-0.39, 0.29) is 23.3 Å². The summed E-state index contributed by atoms with van der Waals surface area (Å²) in [6.07, 6.45) is 1.60. The normalized spacial score (nSPS) is 22.0. The topological polar surface area (TPSA) is 61.9 Å². The zero-order valence-corrected chi connectivity index (χ0v) is 15.4. The van der Waals surface area contributed by atoms with Gasteiger partial charge in [-0.25, -0.2) is 4.79 Å². The Labute approximate surface area is 153 Å². The van der Waals surface area contributed by atoms with Gasteiger partial charge in [0, 0.05) is 45.8 Å². The number of ether oxygens (including phenoxy) is 1. The molecule has 2 fully saturated rings. The van der Waals surface area contributed by atoms with E-state index >= 15 is 0 Å². The molecule has 1 N–H and O–H groups in total. The highest BCUT2D eigenvalue weighted by atomic mass is 35.5. The van der Waals surface area contributed by atoms with Crippen LogP contribution >= 0.6 is 11.6 Å². The fourth-order valence-electron chi connectivity index (χ4n) is 3.82. The Bertz CT molecular complexity index is 659. The Kier molecular flexibility index (Phi) is 5.20. The van der Waals surface area contributed by atoms with Crippen LogP contribution in [0.1, 0.15) is 12.8 Å². The quantitative estimate of drug-likeness (QED) is 0.876. The fraction of sp³-hybridized carbons (Fsp3) is 0.556. The molecule has 25 heavy (non-hydrogen) atoms. The van der Waals surface area contributed by atoms with Gasteiger partial charge in [0.25, 0.3) is 0 Å². The molecule has 1 unspecified atom stereocenters. The molecule has 2 aliphatic heterocycles. The maximum absolute atomic E-state index is 12.7. The monoisotopic (exact) mass is 365 g/mol. The second-order valence-electron chi connectivity index (χ2n) is 7.05. The highest BCUT2D eigenvalue weighted by Crippen LogP contribution is 2.45. The summed E-state index contributed by atoms with van der Waals surface area (Å²) in [5.41, 5.74) is 0.384. The van der Waals surface area contributed by atoms with E-state index in [0.717, 1.165) is 12.8 Å². The van der Waals surface area contributed by atoms with Gasteiger partial charge in [-0.1, -0.05) is 23.7 Å². The molecule has 7 heteroatoms. The van der Waals surface area contributed by atoms with Crippen molar-refractivity contribution >= 4 is 29.2 Å². The van der Waals surface area contributed by atoms with E-state index in [1.807, 2.05) is 12.1 Å². The van der Waals surface area contributed by atoms with Crippen molar-refractivity contribution in [1.82, 2.24) is 9.80 Å². The SMILES string of the molecule is CN(C)C(=O)C1CN(C(=O)Nc2ccccc2Cl)CC12CCOCC2. The van der Waals surface area contributed by atoms with E-state index in [9.17, 15) is 9.59 Å². The standard InChI is InChI=1S/C18H24ClN3O3/c1-21(2)16(23)13-11-22(12-18(13)7-9-25-10-8-18)17(24)20-15-6-4-3-5-14(15)19/h3-6,13H,7-12H2,1-2H3,(H,20,24). The molecule has 0 saturated carbocycles. The first-order chi connectivity index (χ1) is 11.9. The number of carbonyl (C=O) groups is 2. The lowest BCUT2D eigenvalue weighted by molar-refractivity contribution is -0.138. The third-order valence-corrected chi connectivity index (χ3v) is 5.61. The number of nitrogens with one attached hydrogen (secondary N) is 1. The van der Waals surface area contributed by atoms with E-state index < -0.39 is 0 Å². The molecule has 0 aliphatic carbocycles. The first-order valence-corrected chi connectivity index (χ1v) is 8.90. The fourth-order valence-corrected chi connectivity index (χ4v) is 4.00. The molecule has 1 atom stereocenters. The van der Waals surface area contributed by atoms with E-state index in [4.69, 9.17) is 16.3 Å². The molecule has 2 heterocycles. The van der Waals surface area contributed by atoms with Crippen molar-refractivity contribution in [2.75, 3.05) is 45.7 Å². The molecule has 0 bridgehead atoms. The van der Waals surface area contributed by atoms with Crippen LogP contribution in [0.5, 0.6) is 0 Å². The van der Waals surface area contributed by atoms with Gasteiger partial charge in [0.2, 0.25) is 5.91 Å². The average Bonchev–Trinajstić information content (AvgIpc) is 2.95. The van der Waals surface area contributed by atoms with Crippen molar-refractivity contribution in [1.29, 1.82) is 0 Å². The number of halogens is 1. The molecule has 1 aromatic carbocycles. The highest BCUT2D eigenvalue weighted by molar-refractivity contribution is 6.33. The number of para-hydroxylation sites is 1. The van der Waals surface area contributed by atoms with Gasteiger partial charge >= 0.3 is 6.03 Å². The Morgan fingerprint density at radius 3 is 2.60 bits per heavy atom. The first-order valence-electron chi connectivity index (χ1n) is 8.52. The molecular formula is C18H24ClN3O3. The lowest BCUT2D eigenvalue weighted by atomic mass is 9.71. The zero-order chi connectivity index (χ0) is 18.0. The van der Waals surface area contributed by atoms with Gasteiger partial charge in [-0.2, -0.15) is 0 Å². The molecule has 136 valence electrons. The number of hydrogen-bond acceptors (Lipinski definition) is 3. The van der Waals surface area contributed by atoms with Gasteiger partial charge < -0.3 is 19.9 Å². The van der Waals surface area contributed by atoms with E-state index in [0.29, 0.717) is 37.0 Å². The largest absolute Gasteiger partial charge is 0.381 e. The summed E-state index contributed by atoms with van der Waals surface area (Å²) in [6, 6.07) is 6.93. The minimum absolute atomic E-state index is 0.0787. The maximum atomic E-state index is 12.7. The lowest BCUT2D eigenvalue weighted by Gasteiger charge is -2.37. The van der Waals surface area contributed by atoms with Crippen LogP contribution in [0.15, 0.2) is 24.3 Å². The van der Waals surface area contributed by atoms with E-state index in [1.165, 1.54) is 0 Å². The highest BCUT2D eigenvalue weighted by Gasteiger charge is 2.52. The van der Waals surface area contributed by atoms with Crippen molar-refractivity contribution in [3.8, 4) is 0 Å². The molecular weight excluding hydrogens is 342 g/mol. The molecule has 0 radical (unpaired) electrons. The summed E-state index contributed by atoms with van der Waals surface area (Å²) in [5.74, 6) is -0.113. The van der Waals surface area contributed by atoms with Gasteiger partial charge in [0.15, 0.2) is 0 Å². The number of urea groups is 1. The summed E-state index contributed by atoms with van der Waals surface area (Å²) in [4.78, 5) is 28.8. The number of carbonyl (C=O) groups excluding carboxylic acids is 2. The van der Waals surface area contributed by atoms with Crippen LogP contribution in [0.4, 0.5) is 10.5 Å². The average molecular weight is 366 g/mol. The smallest absolute Gasteiger partial charge is 0.321 e. The predicted octanol–water partition coefficient (Wildman–Crippen LogP) is 2.69. The van der Waals surface area contributed by atoms with E-state index in [1.54, 1.807) is 36.0 Å². The molecule has 1 spiro atoms. The van der Waals surface area contributed by atoms with Gasteiger partial charge in [0.1, 0.15) is 0 Å². The van der Waals surface area contributed by atoms with Crippen LogP contribution in [-0.4, -0.2) is 62.1 Å². The van der Waals surface area contributed by atoms with E-state index in [2.05, 4.69) is 5.32 Å². The number of hydrogen-bond donors (Lipinski definition) is 1. The lowest BCUT2D eigenvalue weighted by Crippen LogP contribution is -2.44. The zero-order valence-electron chi connectivity index (χ0n) is 14.6. The van der Waals surface area contributed by atoms with Crippen LogP contribution < -0.4 is 5.32 Å². The Morgan fingerprint density at radius 2 is 1.96 bits per heavy atom. The molecule has 1 aromatic rings. The summed E-state index contributed by atoms with van der Waals surface area (Å²) in [6.45, 7) is 2.26. The minimum atomic E-state index is -0.215. The van der Waals surface area contributed by atoms with Crippen molar-refractivity contribution in [2.24, 2.45) is 11.3 Å². The molecule has 2 saturated heterocycles. The third-order valence-electron chi connectivity index (χ3n) is 5.28. The van der Waals surface area contributed by atoms with Crippen molar-refractivity contribution in [3.63, 3.8) is 0 Å².